The summed E-state index contributed by atoms with van der Waals surface area (Å²) >= 11 is 0. The smallest absolute Gasteiger partial charge is 0.280 e. The standard InChI is InChI=1S/C25H27F3N4O3/c1-25(28,14-33)13-32-20-9-8-15(18-7-4-10-31(2)23(18)35)12-19(20)29-24(32)30-22(34)17-6-3-5-16(11-17)21(26)27/h3,5-6,8-9,11-12,18,21,33H,4,7,10,13-14H2,1-2H3,(H,29,30,34)/t18-,25-/m1/s1. The van der Waals surface area contributed by atoms with Crippen molar-refractivity contribution >= 4 is 22.8 Å². The summed E-state index contributed by atoms with van der Waals surface area (Å²) in [5.74, 6) is -1.06. The van der Waals surface area contributed by atoms with Gasteiger partial charge in [0.2, 0.25) is 11.5 Å². The van der Waals surface area contributed by atoms with Crippen LogP contribution in [-0.2, 0) is 11.3 Å². The Kier molecular flexibility index (Phi) is 6.84. The van der Waals surface area contributed by atoms with E-state index in [0.717, 1.165) is 18.1 Å². The number of nitrogens with one attached hydrogen (secondary N) is 1. The molecule has 0 aliphatic carbocycles. The Labute approximate surface area is 199 Å². The number of rotatable bonds is 6. The number of piperidine rings is 1. The number of likely N-dealkylation sites (tertiary alicyclic amines) is 1. The summed E-state index contributed by atoms with van der Waals surface area (Å²) in [6.45, 7) is 0.865. The molecule has 2 N–H and O–H groups in total. The molecule has 2 amide bonds. The van der Waals surface area contributed by atoms with E-state index >= 15 is 0 Å². The van der Waals surface area contributed by atoms with E-state index in [9.17, 15) is 27.9 Å². The van der Waals surface area contributed by atoms with E-state index in [1.165, 1.54) is 29.7 Å². The highest BCUT2D eigenvalue weighted by molar-refractivity contribution is 5.95. The average molecular weight is 489 g/mol. The number of halogens is 3. The highest BCUT2D eigenvalue weighted by atomic mass is 19.3. The van der Waals surface area contributed by atoms with E-state index in [-0.39, 0.29) is 35.1 Å². The lowest BCUT2D eigenvalue weighted by Crippen LogP contribution is -2.37. The Bertz CT molecular complexity index is 1330. The first kappa shape index (κ1) is 24.7. The van der Waals surface area contributed by atoms with Crippen LogP contribution in [-0.4, -0.2) is 57.2 Å². The molecular formula is C25H27F3N4O3. The second-order valence-corrected chi connectivity index (χ2v) is 9.18. The molecule has 4 rings (SSSR count). The zero-order chi connectivity index (χ0) is 25.3. The molecule has 1 fully saturated rings. The Morgan fingerprint density at radius 3 is 2.77 bits per heavy atom. The second-order valence-electron chi connectivity index (χ2n) is 9.18. The van der Waals surface area contributed by atoms with Gasteiger partial charge in [-0.1, -0.05) is 18.2 Å². The second kappa shape index (κ2) is 9.69. The maximum absolute atomic E-state index is 14.8. The number of amides is 2. The first-order valence-electron chi connectivity index (χ1n) is 11.3. The van der Waals surface area contributed by atoms with Crippen LogP contribution in [0.4, 0.5) is 13.2 Å². The number of benzene rings is 2. The molecule has 1 saturated heterocycles. The molecule has 0 radical (unpaired) electrons. The molecule has 1 aliphatic rings. The molecule has 186 valence electrons. The number of aliphatic hydroxyl groups excluding tert-OH is 1. The van der Waals surface area contributed by atoms with Crippen molar-refractivity contribution in [3.8, 4) is 0 Å². The minimum Gasteiger partial charge on any atom is -0.393 e. The zero-order valence-corrected chi connectivity index (χ0v) is 19.5. The van der Waals surface area contributed by atoms with Crippen molar-refractivity contribution < 1.29 is 27.9 Å². The first-order chi connectivity index (χ1) is 16.6. The van der Waals surface area contributed by atoms with Crippen molar-refractivity contribution in [3.05, 3.63) is 64.8 Å². The Morgan fingerprint density at radius 1 is 1.29 bits per heavy atom. The lowest BCUT2D eigenvalue weighted by Gasteiger charge is -2.29. The number of H-pyrrole nitrogens is 1. The predicted octanol–water partition coefficient (Wildman–Crippen LogP) is 3.70. The SMILES string of the molecule is CN1CCC[C@H](c2ccc3c(c2)[nH]/c(=N\C(=O)c2cccc(C(F)F)c2)n3C[C@@](C)(F)CO)C1=O. The molecule has 2 atom stereocenters. The highest BCUT2D eigenvalue weighted by Gasteiger charge is 2.29. The molecule has 10 heteroatoms. The molecule has 3 aromatic rings. The van der Waals surface area contributed by atoms with E-state index in [4.69, 9.17) is 0 Å². The van der Waals surface area contributed by atoms with Gasteiger partial charge in [0, 0.05) is 24.7 Å². The van der Waals surface area contributed by atoms with Gasteiger partial charge >= 0.3 is 0 Å². The third-order valence-electron chi connectivity index (χ3n) is 6.29. The first-order valence-corrected chi connectivity index (χ1v) is 11.3. The van der Waals surface area contributed by atoms with Crippen LogP contribution in [0, 0.1) is 0 Å². The molecule has 0 spiro atoms. The van der Waals surface area contributed by atoms with Crippen molar-refractivity contribution in [1.29, 1.82) is 0 Å². The summed E-state index contributed by atoms with van der Waals surface area (Å²) in [7, 11) is 1.76. The fourth-order valence-corrected chi connectivity index (χ4v) is 4.35. The molecule has 0 bridgehead atoms. The topological polar surface area (TPSA) is 90.7 Å². The van der Waals surface area contributed by atoms with E-state index in [0.29, 0.717) is 24.0 Å². The number of imidazole rings is 1. The van der Waals surface area contributed by atoms with Gasteiger partial charge in [0.25, 0.3) is 12.3 Å². The van der Waals surface area contributed by atoms with Gasteiger partial charge < -0.3 is 19.6 Å². The number of aromatic nitrogens is 2. The average Bonchev–Trinajstić information content (AvgIpc) is 3.16. The van der Waals surface area contributed by atoms with Gasteiger partial charge in [0.1, 0.15) is 5.67 Å². The fraction of sp³-hybridized carbons (Fsp3) is 0.400. The molecule has 0 unspecified atom stereocenters. The van der Waals surface area contributed by atoms with Crippen molar-refractivity contribution in [3.63, 3.8) is 0 Å². The van der Waals surface area contributed by atoms with Crippen molar-refractivity contribution in [2.24, 2.45) is 4.99 Å². The molecule has 2 heterocycles. The largest absolute Gasteiger partial charge is 0.393 e. The van der Waals surface area contributed by atoms with Gasteiger partial charge in [-0.05, 0) is 49.6 Å². The number of carbonyl (C=O) groups is 2. The van der Waals surface area contributed by atoms with Crippen LogP contribution in [0.15, 0.2) is 47.5 Å². The molecule has 7 nitrogen and oxygen atoms in total. The lowest BCUT2D eigenvalue weighted by atomic mass is 9.90. The van der Waals surface area contributed by atoms with E-state index < -0.39 is 24.6 Å². The number of carbonyl (C=O) groups excluding carboxylic acids is 2. The number of likely N-dealkylation sites (N-methyl/N-ethyl adjacent to an activating group) is 1. The van der Waals surface area contributed by atoms with Gasteiger partial charge in [-0.3, -0.25) is 9.59 Å². The maximum atomic E-state index is 14.8. The van der Waals surface area contributed by atoms with Gasteiger partial charge in [-0.15, -0.1) is 0 Å². The Balaban J connectivity index is 1.81. The van der Waals surface area contributed by atoms with E-state index in [1.807, 2.05) is 0 Å². The quantitative estimate of drug-likeness (QED) is 0.554. The summed E-state index contributed by atoms with van der Waals surface area (Å²) < 4.78 is 42.4. The number of aromatic amines is 1. The van der Waals surface area contributed by atoms with Gasteiger partial charge in [0.15, 0.2) is 0 Å². The fourth-order valence-electron chi connectivity index (χ4n) is 4.35. The number of alkyl halides is 3. The number of aliphatic hydroxyl groups is 1. The normalized spacial score (nSPS) is 18.9. The number of fused-ring (bicyclic) bond motifs is 1. The molecule has 1 aliphatic heterocycles. The minimum absolute atomic E-state index is 0.00835. The molecule has 2 aromatic carbocycles. The number of hydrogen-bond acceptors (Lipinski definition) is 3. The summed E-state index contributed by atoms with van der Waals surface area (Å²) in [5, 5.41) is 9.46. The van der Waals surface area contributed by atoms with Crippen LogP contribution in [0.1, 0.15) is 53.6 Å². The van der Waals surface area contributed by atoms with Crippen LogP contribution in [0.3, 0.4) is 0 Å². The Morgan fingerprint density at radius 2 is 2.06 bits per heavy atom. The monoisotopic (exact) mass is 488 g/mol. The third kappa shape index (κ3) is 5.17. The number of nitrogens with zero attached hydrogens (tertiary/aromatic N) is 3. The van der Waals surface area contributed by atoms with Crippen LogP contribution in [0.5, 0.6) is 0 Å². The molecule has 35 heavy (non-hydrogen) atoms. The van der Waals surface area contributed by atoms with Crippen LogP contribution in [0.25, 0.3) is 11.0 Å². The summed E-state index contributed by atoms with van der Waals surface area (Å²) in [5.41, 5.74) is -0.498. The van der Waals surface area contributed by atoms with Crippen LogP contribution in [0.2, 0.25) is 0 Å². The van der Waals surface area contributed by atoms with Gasteiger partial charge in [-0.2, -0.15) is 4.99 Å². The lowest BCUT2D eigenvalue weighted by molar-refractivity contribution is -0.133. The van der Waals surface area contributed by atoms with Crippen LogP contribution >= 0.6 is 0 Å². The van der Waals surface area contributed by atoms with E-state index in [1.54, 1.807) is 30.1 Å². The van der Waals surface area contributed by atoms with Crippen molar-refractivity contribution in [2.75, 3.05) is 20.2 Å². The molecular weight excluding hydrogens is 461 g/mol. The summed E-state index contributed by atoms with van der Waals surface area (Å²) in [4.78, 5) is 34.2. The van der Waals surface area contributed by atoms with Crippen molar-refractivity contribution in [1.82, 2.24) is 14.5 Å². The number of hydrogen-bond donors (Lipinski definition) is 2. The van der Waals surface area contributed by atoms with Gasteiger partial charge in [-0.25, -0.2) is 13.2 Å². The Hall–Kier alpha value is -3.40. The van der Waals surface area contributed by atoms with Crippen molar-refractivity contribution in [2.45, 2.75) is 44.3 Å². The highest BCUT2D eigenvalue weighted by Crippen LogP contribution is 2.29. The maximum Gasteiger partial charge on any atom is 0.280 e. The molecule has 0 saturated carbocycles. The molecule has 1 aromatic heterocycles. The third-order valence-corrected chi connectivity index (χ3v) is 6.29. The van der Waals surface area contributed by atoms with Crippen LogP contribution < -0.4 is 5.62 Å². The minimum atomic E-state index is -2.74. The predicted molar refractivity (Wildman–Crippen MR) is 124 cm³/mol. The summed E-state index contributed by atoms with van der Waals surface area (Å²) in [6.07, 6.45) is -1.16. The van der Waals surface area contributed by atoms with E-state index in [2.05, 4.69) is 9.98 Å². The zero-order valence-electron chi connectivity index (χ0n) is 19.5. The summed E-state index contributed by atoms with van der Waals surface area (Å²) in [6, 6.07) is 10.3. The van der Waals surface area contributed by atoms with Gasteiger partial charge in [0.05, 0.1) is 30.1 Å².